The molecule has 0 N–H and O–H groups in total. The molecular weight excluding hydrogens is 499 g/mol. The van der Waals surface area contributed by atoms with Crippen LogP contribution in [0, 0.1) is 23.7 Å². The minimum absolute atomic E-state index is 0.00587. The molecule has 0 rings (SSSR count). The van der Waals surface area contributed by atoms with E-state index >= 15 is 0 Å². The average molecular weight is 557 g/mol. The summed E-state index contributed by atoms with van der Waals surface area (Å²) in [6.45, 7) is 19.7. The maximum Gasteiger partial charge on any atom is 0.145 e. The number of rotatable bonds is 24. The van der Waals surface area contributed by atoms with Crippen molar-refractivity contribution in [2.45, 2.75) is 125 Å². The molecule has 0 aliphatic carbocycles. The summed E-state index contributed by atoms with van der Waals surface area (Å²) in [6.07, 6.45) is 18.4. The van der Waals surface area contributed by atoms with Gasteiger partial charge in [0.1, 0.15) is 24.0 Å². The Kier molecular flexibility index (Phi) is 21.0. The summed E-state index contributed by atoms with van der Waals surface area (Å²) in [6, 6.07) is 0. The molecule has 0 aliphatic heterocycles. The first-order valence-corrected chi connectivity index (χ1v) is 15.4. The fourth-order valence-corrected chi connectivity index (χ4v) is 4.86. The van der Waals surface area contributed by atoms with Crippen LogP contribution in [0.15, 0.2) is 60.3 Å². The van der Waals surface area contributed by atoms with Crippen LogP contribution in [-0.4, -0.2) is 24.0 Å². The lowest BCUT2D eigenvalue weighted by molar-refractivity contribution is -0.123. The smallest absolute Gasteiger partial charge is 0.145 e. The summed E-state index contributed by atoms with van der Waals surface area (Å²) in [5.41, 5.74) is 2.95. The molecular formula is C36H57FO3. The number of halogens is 1. The molecule has 0 aliphatic rings. The fraction of sp³-hybridized carbons (Fsp3) is 0.639. The van der Waals surface area contributed by atoms with Gasteiger partial charge in [-0.15, -0.1) is 0 Å². The summed E-state index contributed by atoms with van der Waals surface area (Å²) in [5, 5.41) is 0. The van der Waals surface area contributed by atoms with Crippen molar-refractivity contribution in [3.05, 3.63) is 60.3 Å². The predicted octanol–water partition coefficient (Wildman–Crippen LogP) is 10.1. The summed E-state index contributed by atoms with van der Waals surface area (Å²) < 4.78 is 14.3. The number of hydrogen-bond acceptors (Lipinski definition) is 3. The van der Waals surface area contributed by atoms with Crippen LogP contribution in [-0.2, 0) is 14.4 Å². The molecule has 0 bridgehead atoms. The van der Waals surface area contributed by atoms with Crippen molar-refractivity contribution < 1.29 is 18.8 Å². The second-order valence-corrected chi connectivity index (χ2v) is 11.9. The maximum atomic E-state index is 14.3. The van der Waals surface area contributed by atoms with Gasteiger partial charge in [-0.3, -0.25) is 14.4 Å². The third-order valence-electron chi connectivity index (χ3n) is 7.75. The fourth-order valence-electron chi connectivity index (χ4n) is 4.86. The number of Topliss-reactive ketones (excluding diaryl/α,β-unsaturated/α-hetero) is 2. The van der Waals surface area contributed by atoms with Crippen molar-refractivity contribution in [3.63, 3.8) is 0 Å². The Bertz CT molecular complexity index is 878. The monoisotopic (exact) mass is 556 g/mol. The van der Waals surface area contributed by atoms with Gasteiger partial charge in [0, 0.05) is 24.7 Å². The van der Waals surface area contributed by atoms with E-state index in [9.17, 15) is 18.8 Å². The highest BCUT2D eigenvalue weighted by atomic mass is 19.1. The van der Waals surface area contributed by atoms with Crippen molar-refractivity contribution >= 4 is 17.9 Å². The second-order valence-electron chi connectivity index (χ2n) is 11.9. The highest BCUT2D eigenvalue weighted by molar-refractivity contribution is 5.81. The van der Waals surface area contributed by atoms with Crippen molar-refractivity contribution in [2.24, 2.45) is 23.7 Å². The van der Waals surface area contributed by atoms with E-state index < -0.39 is 6.17 Å². The van der Waals surface area contributed by atoms with Crippen LogP contribution >= 0.6 is 0 Å². The van der Waals surface area contributed by atoms with Crippen LogP contribution in [0.1, 0.15) is 119 Å². The molecule has 0 spiro atoms. The second kappa shape index (κ2) is 22.3. The number of unbranched alkanes of at least 4 members (excludes halogenated alkanes) is 3. The Morgan fingerprint density at radius 3 is 1.98 bits per heavy atom. The zero-order valence-corrected chi connectivity index (χ0v) is 26.4. The van der Waals surface area contributed by atoms with E-state index in [0.29, 0.717) is 30.8 Å². The Morgan fingerprint density at radius 2 is 1.38 bits per heavy atom. The zero-order chi connectivity index (χ0) is 30.5. The van der Waals surface area contributed by atoms with Gasteiger partial charge in [0.2, 0.25) is 0 Å². The van der Waals surface area contributed by atoms with Crippen LogP contribution in [0.3, 0.4) is 0 Å². The van der Waals surface area contributed by atoms with Crippen molar-refractivity contribution in [1.82, 2.24) is 0 Å². The summed E-state index contributed by atoms with van der Waals surface area (Å²) >= 11 is 0. The van der Waals surface area contributed by atoms with Gasteiger partial charge in [-0.1, -0.05) is 96.1 Å². The molecule has 0 fully saturated rings. The normalized spacial score (nSPS) is 16.3. The highest BCUT2D eigenvalue weighted by Gasteiger charge is 2.16. The third-order valence-corrected chi connectivity index (χ3v) is 7.75. The largest absolute Gasteiger partial charge is 0.299 e. The molecule has 1 unspecified atom stereocenters. The van der Waals surface area contributed by atoms with Gasteiger partial charge >= 0.3 is 0 Å². The topological polar surface area (TPSA) is 51.2 Å². The van der Waals surface area contributed by atoms with E-state index in [1.54, 1.807) is 19.1 Å². The molecule has 0 saturated heterocycles. The minimum Gasteiger partial charge on any atom is -0.299 e. The van der Waals surface area contributed by atoms with Gasteiger partial charge in [0.05, 0.1) is 0 Å². The third kappa shape index (κ3) is 18.8. The van der Waals surface area contributed by atoms with E-state index in [4.69, 9.17) is 0 Å². The number of carbonyl (C=O) groups is 3. The molecule has 40 heavy (non-hydrogen) atoms. The van der Waals surface area contributed by atoms with Crippen molar-refractivity contribution in [3.8, 4) is 0 Å². The molecule has 0 amide bonds. The van der Waals surface area contributed by atoms with E-state index in [2.05, 4.69) is 20.1 Å². The van der Waals surface area contributed by atoms with E-state index in [1.807, 2.05) is 45.9 Å². The zero-order valence-electron chi connectivity index (χ0n) is 26.4. The van der Waals surface area contributed by atoms with Crippen LogP contribution < -0.4 is 0 Å². The van der Waals surface area contributed by atoms with Gasteiger partial charge < -0.3 is 0 Å². The number of aldehydes is 1. The Hall–Kier alpha value is -2.36. The SMILES string of the molecule is C=C/C=C(\C)C(=C)CC[C@H](C)/C=C/C(F)CCCC[C@H](C)C(=O)CCCCCC(=O)[C@H](C)C[C@H](C)/C=C(\C)C=O. The molecule has 4 heteroatoms. The quantitative estimate of drug-likeness (QED) is 0.0391. The molecule has 0 radical (unpaired) electrons. The van der Waals surface area contributed by atoms with Gasteiger partial charge in [-0.25, -0.2) is 4.39 Å². The number of alkyl halides is 1. The lowest BCUT2D eigenvalue weighted by Crippen LogP contribution is -2.14. The number of ketones is 2. The summed E-state index contributed by atoms with van der Waals surface area (Å²) in [5.74, 6) is 1.03. The van der Waals surface area contributed by atoms with Gasteiger partial charge in [0.25, 0.3) is 0 Å². The van der Waals surface area contributed by atoms with E-state index in [0.717, 1.165) is 75.2 Å². The van der Waals surface area contributed by atoms with Crippen LogP contribution in [0.2, 0.25) is 0 Å². The van der Waals surface area contributed by atoms with E-state index in [-0.39, 0.29) is 29.3 Å². The molecule has 0 aromatic heterocycles. The van der Waals surface area contributed by atoms with Gasteiger partial charge in [0.15, 0.2) is 0 Å². The number of allylic oxidation sites excluding steroid dienone is 8. The lowest BCUT2D eigenvalue weighted by atomic mass is 9.90. The lowest BCUT2D eigenvalue weighted by Gasteiger charge is -2.14. The summed E-state index contributed by atoms with van der Waals surface area (Å²) in [7, 11) is 0. The molecule has 0 heterocycles. The molecule has 0 aromatic carbocycles. The Balaban J connectivity index is 4.05. The van der Waals surface area contributed by atoms with Crippen LogP contribution in [0.5, 0.6) is 0 Å². The van der Waals surface area contributed by atoms with Crippen LogP contribution in [0.4, 0.5) is 4.39 Å². The first kappa shape index (κ1) is 37.6. The van der Waals surface area contributed by atoms with E-state index in [1.165, 1.54) is 0 Å². The van der Waals surface area contributed by atoms with Crippen molar-refractivity contribution in [2.75, 3.05) is 0 Å². The Morgan fingerprint density at radius 1 is 0.775 bits per heavy atom. The van der Waals surface area contributed by atoms with Crippen LogP contribution in [0.25, 0.3) is 0 Å². The predicted molar refractivity (Wildman–Crippen MR) is 169 cm³/mol. The first-order chi connectivity index (χ1) is 18.9. The standard InChI is InChI=1S/C36H57FO3/c1-9-15-30(5)31(6)22-20-27(2)21-23-34(37)17-14-13-16-32(7)35(39)18-11-10-12-19-36(40)33(8)25-28(3)24-29(4)26-38/h9,15,21,23-24,26-28,32-34H,1,6,10-14,16-20,22,25H2,2-5,7-8H3/b23-21+,29-24+,30-15+/t27-,28+,32-,33+,34?/m0/s1. The van der Waals surface area contributed by atoms with Gasteiger partial charge in [-0.05, 0) is 81.8 Å². The Labute approximate surface area is 245 Å². The van der Waals surface area contributed by atoms with Crippen molar-refractivity contribution in [1.29, 1.82) is 0 Å². The molecule has 226 valence electrons. The molecule has 0 saturated carbocycles. The van der Waals surface area contributed by atoms with Gasteiger partial charge in [-0.2, -0.15) is 0 Å². The first-order valence-electron chi connectivity index (χ1n) is 15.4. The average Bonchev–Trinajstić information content (AvgIpc) is 2.91. The minimum atomic E-state index is -0.940. The molecule has 5 atom stereocenters. The summed E-state index contributed by atoms with van der Waals surface area (Å²) in [4.78, 5) is 35.6. The molecule has 3 nitrogen and oxygen atoms in total. The number of carbonyl (C=O) groups excluding carboxylic acids is 3. The molecule has 0 aromatic rings. The number of hydrogen-bond donors (Lipinski definition) is 0. The highest BCUT2D eigenvalue weighted by Crippen LogP contribution is 2.21. The maximum absolute atomic E-state index is 14.3.